The van der Waals surface area contributed by atoms with E-state index in [1.54, 1.807) is 6.08 Å². The molecule has 0 heterocycles. The van der Waals surface area contributed by atoms with Gasteiger partial charge in [0.2, 0.25) is 0 Å². The largest absolute Gasteiger partial charge is 0.298 e. The molecule has 0 aliphatic heterocycles. The maximum Gasteiger partial charge on any atom is 0.173 e. The summed E-state index contributed by atoms with van der Waals surface area (Å²) < 4.78 is 0. The van der Waals surface area contributed by atoms with Crippen molar-refractivity contribution in [2.45, 2.75) is 4.83 Å². The van der Waals surface area contributed by atoms with Crippen LogP contribution in [0.5, 0.6) is 0 Å². The van der Waals surface area contributed by atoms with Crippen molar-refractivity contribution in [2.75, 3.05) is 0 Å². The molecule has 0 fully saturated rings. The highest BCUT2D eigenvalue weighted by Gasteiger charge is 2.12. The van der Waals surface area contributed by atoms with Crippen LogP contribution in [0.1, 0.15) is 0 Å². The van der Waals surface area contributed by atoms with Crippen LogP contribution in [-0.2, 0) is 9.59 Å². The molecule has 1 unspecified atom stereocenters. The van der Waals surface area contributed by atoms with Gasteiger partial charge in [0.25, 0.3) is 0 Å². The third-order valence-electron chi connectivity index (χ3n) is 1.19. The van der Waals surface area contributed by atoms with Crippen molar-refractivity contribution >= 4 is 28.0 Å². The minimum Gasteiger partial charge on any atom is -0.298 e. The number of alkyl halides is 1. The summed E-state index contributed by atoms with van der Waals surface area (Å²) in [5.74, 6) is -0.0226. The molecule has 0 aromatic rings. The molecule has 0 amide bonds. The van der Waals surface area contributed by atoms with Gasteiger partial charge in [0, 0.05) is 5.57 Å². The first kappa shape index (κ1) is 7.41. The van der Waals surface area contributed by atoms with Gasteiger partial charge in [-0.2, -0.15) is 0 Å². The van der Waals surface area contributed by atoms with Crippen LogP contribution in [0, 0.1) is 0 Å². The fourth-order valence-electron chi connectivity index (χ4n) is 0.656. The molecule has 1 aliphatic rings. The first-order valence-corrected chi connectivity index (χ1v) is 3.68. The number of allylic oxidation sites excluding steroid dienone is 4. The lowest BCUT2D eigenvalue weighted by atomic mass is 10.1. The number of rotatable bonds is 1. The van der Waals surface area contributed by atoms with E-state index in [9.17, 15) is 9.59 Å². The van der Waals surface area contributed by atoms with E-state index in [0.717, 1.165) is 6.29 Å². The van der Waals surface area contributed by atoms with Crippen LogP contribution in [0.15, 0.2) is 23.8 Å². The normalized spacial score (nSPS) is 24.3. The predicted molar refractivity (Wildman–Crippen MR) is 41.0 cm³/mol. The molecule has 0 radical (unpaired) electrons. The Kier molecular flexibility index (Phi) is 2.17. The minimum absolute atomic E-state index is 0.0226. The highest BCUT2D eigenvalue weighted by molar-refractivity contribution is 9.10. The highest BCUT2D eigenvalue weighted by Crippen LogP contribution is 2.12. The van der Waals surface area contributed by atoms with Crippen LogP contribution >= 0.6 is 15.9 Å². The molecule has 0 N–H and O–H groups in total. The Hall–Kier alpha value is -0.700. The second kappa shape index (κ2) is 2.92. The Bertz CT molecular complexity index is 228. The van der Waals surface area contributed by atoms with Gasteiger partial charge in [-0.1, -0.05) is 22.0 Å². The molecule has 1 aliphatic carbocycles. The SMILES string of the molecule is O=CC1=CC(Br)C(=O)C=C1. The number of ketones is 1. The number of halogens is 1. The van der Waals surface area contributed by atoms with E-state index in [2.05, 4.69) is 15.9 Å². The predicted octanol–water partition coefficient (Wildman–Crippen LogP) is 1.01. The van der Waals surface area contributed by atoms with Crippen LogP contribution in [-0.4, -0.2) is 16.9 Å². The zero-order valence-corrected chi connectivity index (χ0v) is 6.67. The molecule has 0 bridgehead atoms. The van der Waals surface area contributed by atoms with Crippen LogP contribution < -0.4 is 0 Å². The third kappa shape index (κ3) is 1.42. The summed E-state index contributed by atoms with van der Waals surface area (Å²) in [6.07, 6.45) is 5.20. The molecule has 1 rings (SSSR count). The fourth-order valence-corrected chi connectivity index (χ4v) is 1.11. The molecule has 1 atom stereocenters. The van der Waals surface area contributed by atoms with E-state index in [1.807, 2.05) is 0 Å². The Balaban J connectivity index is 2.85. The molecule has 52 valence electrons. The van der Waals surface area contributed by atoms with Crippen molar-refractivity contribution < 1.29 is 9.59 Å². The van der Waals surface area contributed by atoms with Crippen molar-refractivity contribution in [3.8, 4) is 0 Å². The molecule has 10 heavy (non-hydrogen) atoms. The monoisotopic (exact) mass is 200 g/mol. The quantitative estimate of drug-likeness (QED) is 0.468. The van der Waals surface area contributed by atoms with E-state index in [-0.39, 0.29) is 10.6 Å². The summed E-state index contributed by atoms with van der Waals surface area (Å²) in [4.78, 5) is 20.6. The van der Waals surface area contributed by atoms with E-state index >= 15 is 0 Å². The molecule has 2 nitrogen and oxygen atoms in total. The van der Waals surface area contributed by atoms with Crippen molar-refractivity contribution in [3.05, 3.63) is 23.8 Å². The topological polar surface area (TPSA) is 34.1 Å². The lowest BCUT2D eigenvalue weighted by Gasteiger charge is -2.04. The van der Waals surface area contributed by atoms with E-state index in [1.165, 1.54) is 12.2 Å². The lowest BCUT2D eigenvalue weighted by Crippen LogP contribution is -2.12. The summed E-state index contributed by atoms with van der Waals surface area (Å²) >= 11 is 3.10. The maximum absolute atomic E-state index is 10.8. The zero-order valence-electron chi connectivity index (χ0n) is 5.08. The Labute approximate surface area is 66.7 Å². The summed E-state index contributed by atoms with van der Waals surface area (Å²) in [5, 5.41) is 0. The van der Waals surface area contributed by atoms with Gasteiger partial charge in [-0.05, 0) is 12.2 Å². The smallest absolute Gasteiger partial charge is 0.173 e. The van der Waals surface area contributed by atoms with Gasteiger partial charge >= 0.3 is 0 Å². The van der Waals surface area contributed by atoms with Crippen molar-refractivity contribution in [1.82, 2.24) is 0 Å². The lowest BCUT2D eigenvalue weighted by molar-refractivity contribution is -0.113. The summed E-state index contributed by atoms with van der Waals surface area (Å²) in [6, 6.07) is 0. The van der Waals surface area contributed by atoms with Crippen LogP contribution in [0.4, 0.5) is 0 Å². The minimum atomic E-state index is -0.322. The summed E-state index contributed by atoms with van der Waals surface area (Å²) in [6.45, 7) is 0. The van der Waals surface area contributed by atoms with Crippen molar-refractivity contribution in [2.24, 2.45) is 0 Å². The van der Waals surface area contributed by atoms with Gasteiger partial charge in [0.15, 0.2) is 5.78 Å². The van der Waals surface area contributed by atoms with Crippen LogP contribution in [0.3, 0.4) is 0 Å². The van der Waals surface area contributed by atoms with Crippen LogP contribution in [0.25, 0.3) is 0 Å². The zero-order chi connectivity index (χ0) is 7.56. The summed E-state index contributed by atoms with van der Waals surface area (Å²) in [5.41, 5.74) is 0.543. The number of hydrogen-bond donors (Lipinski definition) is 0. The van der Waals surface area contributed by atoms with E-state index < -0.39 is 0 Å². The maximum atomic E-state index is 10.8. The second-order valence-electron chi connectivity index (χ2n) is 1.92. The Morgan fingerprint density at radius 3 is 2.70 bits per heavy atom. The molecular weight excluding hydrogens is 196 g/mol. The van der Waals surface area contributed by atoms with E-state index in [4.69, 9.17) is 0 Å². The Morgan fingerprint density at radius 1 is 1.50 bits per heavy atom. The standard InChI is InChI=1S/C7H5BrO2/c8-6-3-5(4-9)1-2-7(6)10/h1-4,6H. The molecule has 0 spiro atoms. The Morgan fingerprint density at radius 2 is 2.20 bits per heavy atom. The van der Waals surface area contributed by atoms with Gasteiger partial charge in [0.1, 0.15) is 6.29 Å². The van der Waals surface area contributed by atoms with Crippen LogP contribution in [0.2, 0.25) is 0 Å². The third-order valence-corrected chi connectivity index (χ3v) is 1.90. The van der Waals surface area contributed by atoms with Gasteiger partial charge < -0.3 is 0 Å². The first-order valence-electron chi connectivity index (χ1n) is 2.77. The van der Waals surface area contributed by atoms with Gasteiger partial charge in [0.05, 0.1) is 4.83 Å². The fraction of sp³-hybridized carbons (Fsp3) is 0.143. The molecule has 0 saturated heterocycles. The number of carbonyl (C=O) groups excluding carboxylic acids is 2. The molecule has 0 aromatic heterocycles. The van der Waals surface area contributed by atoms with Crippen molar-refractivity contribution in [1.29, 1.82) is 0 Å². The van der Waals surface area contributed by atoms with Gasteiger partial charge in [-0.3, -0.25) is 9.59 Å². The van der Waals surface area contributed by atoms with Gasteiger partial charge in [-0.15, -0.1) is 0 Å². The van der Waals surface area contributed by atoms with Crippen molar-refractivity contribution in [3.63, 3.8) is 0 Å². The molecular formula is C7H5BrO2. The molecule has 0 saturated carbocycles. The number of hydrogen-bond acceptors (Lipinski definition) is 2. The number of carbonyl (C=O) groups is 2. The first-order chi connectivity index (χ1) is 4.74. The molecule has 3 heteroatoms. The highest BCUT2D eigenvalue weighted by atomic mass is 79.9. The average molecular weight is 201 g/mol. The average Bonchev–Trinajstić information content (AvgIpc) is 1.95. The van der Waals surface area contributed by atoms with Gasteiger partial charge in [-0.25, -0.2) is 0 Å². The number of aldehydes is 1. The molecule has 0 aromatic carbocycles. The second-order valence-corrected chi connectivity index (χ2v) is 2.91. The van der Waals surface area contributed by atoms with E-state index in [0.29, 0.717) is 5.57 Å². The summed E-state index contributed by atoms with van der Waals surface area (Å²) in [7, 11) is 0.